The van der Waals surface area contributed by atoms with Crippen LogP contribution in [-0.2, 0) is 28.2 Å². The molecule has 0 radical (unpaired) electrons. The minimum absolute atomic E-state index is 0.0752. The third-order valence-electron chi connectivity index (χ3n) is 6.06. The van der Waals surface area contributed by atoms with Gasteiger partial charge in [0.2, 0.25) is 0 Å². The number of benzene rings is 2. The second-order valence-electron chi connectivity index (χ2n) is 13.8. The summed E-state index contributed by atoms with van der Waals surface area (Å²) >= 11 is -1.97. The third kappa shape index (κ3) is 10.6. The molecule has 0 bridgehead atoms. The lowest BCUT2D eigenvalue weighted by Crippen LogP contribution is -2.25. The number of phosphoric acid groups is 2. The van der Waals surface area contributed by atoms with Gasteiger partial charge in [-0.1, -0.05) is 105 Å². The summed E-state index contributed by atoms with van der Waals surface area (Å²) in [5.74, 6) is 0. The third-order valence-corrected chi connectivity index (χ3v) is 10.7. The van der Waals surface area contributed by atoms with Crippen LogP contribution < -0.4 is 0 Å². The van der Waals surface area contributed by atoms with Crippen molar-refractivity contribution in [1.29, 1.82) is 0 Å². The van der Waals surface area contributed by atoms with Crippen LogP contribution in [0.2, 0.25) is 0 Å². The highest BCUT2D eigenvalue weighted by atomic mass is 32.2. The van der Waals surface area contributed by atoms with Crippen molar-refractivity contribution in [1.82, 2.24) is 0 Å². The largest absolute Gasteiger partial charge is 0.491 e. The zero-order valence-corrected chi connectivity index (χ0v) is 27.0. The maximum Gasteiger partial charge on any atom is 0.491 e. The van der Waals surface area contributed by atoms with Crippen molar-refractivity contribution in [3.63, 3.8) is 0 Å². The molecule has 0 aliphatic carbocycles. The highest BCUT2D eigenvalue weighted by Gasteiger charge is 2.36. The van der Waals surface area contributed by atoms with E-state index in [0.29, 0.717) is 9.79 Å². The van der Waals surface area contributed by atoms with Crippen molar-refractivity contribution in [2.75, 3.05) is 0 Å². The summed E-state index contributed by atoms with van der Waals surface area (Å²) in [7, 11) is -10.4. The Balaban J connectivity index is 2.65. The number of hydrogen-bond acceptors (Lipinski definition) is 4. The molecule has 2 aromatic carbocycles. The lowest BCUT2D eigenvalue weighted by Gasteiger charge is -2.35. The van der Waals surface area contributed by atoms with Crippen molar-refractivity contribution >= 4 is 26.8 Å². The van der Waals surface area contributed by atoms with Gasteiger partial charge in [0.15, 0.2) is 0 Å². The van der Waals surface area contributed by atoms with E-state index in [-0.39, 0.29) is 21.7 Å². The Bertz CT molecular complexity index is 1130. The first kappa shape index (κ1) is 33.3. The maximum atomic E-state index is 12.8. The molecule has 2 aromatic rings. The molecule has 7 nitrogen and oxygen atoms in total. The Morgan fingerprint density at radius 2 is 1.05 bits per heavy atom. The molecule has 1 unspecified atom stereocenters. The first-order valence-corrected chi connectivity index (χ1v) is 17.0. The summed E-state index contributed by atoms with van der Waals surface area (Å²) in [5, 5.41) is 0. The fraction of sp³-hybridized carbons (Fsp3) is 0.571. The summed E-state index contributed by atoms with van der Waals surface area (Å²) in [6, 6.07) is 15.4. The van der Waals surface area contributed by atoms with Crippen LogP contribution >= 0.6 is 26.8 Å². The Hall–Kier alpha value is -0.950. The van der Waals surface area contributed by atoms with E-state index >= 15 is 0 Å². The Morgan fingerprint density at radius 1 is 0.684 bits per heavy atom. The van der Waals surface area contributed by atoms with Gasteiger partial charge in [-0.15, -0.1) is 0 Å². The minimum atomic E-state index is -5.27. The SMILES string of the molecule is CC(C)(C)CC(C)(C)c1cccc([SH](OP(=O)(O)OP(=O)(O)O)c2cccc(C(C)(C)CC(C)(C)C)c2)c1. The second-order valence-corrected chi connectivity index (χ2v) is 18.6. The second kappa shape index (κ2) is 11.5. The summed E-state index contributed by atoms with van der Waals surface area (Å²) in [6.07, 6.45) is 1.80. The van der Waals surface area contributed by atoms with Crippen LogP contribution in [0.1, 0.15) is 93.2 Å². The highest BCUT2D eigenvalue weighted by molar-refractivity contribution is 8.15. The standard InChI is InChI=1S/C28H46O7P2S/c1-25(2,3)19-27(7,8)21-13-11-15-23(17-21)38(35-37(32,33)34-36(29,30)31)24-16-12-14-22(18-24)28(9,10)20-26(4,5)6/h11-18,38H,19-20H2,1-10H3,(H,32,33)(H2,29,30,31). The van der Waals surface area contributed by atoms with E-state index in [1.807, 2.05) is 48.5 Å². The van der Waals surface area contributed by atoms with Gasteiger partial charge in [0.05, 0.1) is 0 Å². The molecule has 38 heavy (non-hydrogen) atoms. The molecule has 3 N–H and O–H groups in total. The number of thiol groups is 1. The Morgan fingerprint density at radius 3 is 1.37 bits per heavy atom. The van der Waals surface area contributed by atoms with Crippen molar-refractivity contribution < 1.29 is 32.1 Å². The normalized spacial score (nSPS) is 15.8. The van der Waals surface area contributed by atoms with E-state index in [1.165, 1.54) is 0 Å². The van der Waals surface area contributed by atoms with Gasteiger partial charge in [0.1, 0.15) is 0 Å². The lowest BCUT2D eigenvalue weighted by atomic mass is 9.72. The van der Waals surface area contributed by atoms with Crippen molar-refractivity contribution in [2.24, 2.45) is 10.8 Å². The molecule has 0 spiro atoms. The van der Waals surface area contributed by atoms with E-state index in [0.717, 1.165) is 24.0 Å². The number of hydrogen-bond donors (Lipinski definition) is 4. The van der Waals surface area contributed by atoms with E-state index in [9.17, 15) is 23.8 Å². The van der Waals surface area contributed by atoms with E-state index in [1.54, 1.807) is 0 Å². The molecule has 0 aliphatic heterocycles. The van der Waals surface area contributed by atoms with Gasteiger partial charge in [-0.25, -0.2) is 13.1 Å². The average Bonchev–Trinajstić information content (AvgIpc) is 2.67. The van der Waals surface area contributed by atoms with Gasteiger partial charge in [0.25, 0.3) is 0 Å². The summed E-state index contributed by atoms with van der Waals surface area (Å²) in [6.45, 7) is 21.7. The van der Waals surface area contributed by atoms with Gasteiger partial charge >= 0.3 is 15.6 Å². The first-order valence-electron chi connectivity index (χ1n) is 12.7. The zero-order valence-electron chi connectivity index (χ0n) is 24.3. The molecule has 0 amide bonds. The molecule has 216 valence electrons. The van der Waals surface area contributed by atoms with Crippen LogP contribution in [0.25, 0.3) is 0 Å². The maximum absolute atomic E-state index is 12.8. The topological polar surface area (TPSA) is 113 Å². The van der Waals surface area contributed by atoms with Gasteiger partial charge in [0, 0.05) is 9.79 Å². The molecule has 0 saturated carbocycles. The van der Waals surface area contributed by atoms with E-state index in [4.69, 9.17) is 3.97 Å². The first-order chi connectivity index (χ1) is 16.9. The lowest BCUT2D eigenvalue weighted by molar-refractivity contribution is 0.235. The minimum Gasteiger partial charge on any atom is -0.302 e. The summed E-state index contributed by atoms with van der Waals surface area (Å²) < 4.78 is 33.9. The van der Waals surface area contributed by atoms with Crippen molar-refractivity contribution in [3.05, 3.63) is 59.7 Å². The van der Waals surface area contributed by atoms with Gasteiger partial charge in [-0.05, 0) is 69.9 Å². The molecule has 0 aliphatic rings. The molecule has 1 atom stereocenters. The fourth-order valence-electron chi connectivity index (χ4n) is 5.46. The zero-order chi connectivity index (χ0) is 29.4. The van der Waals surface area contributed by atoms with Crippen LogP contribution in [0.3, 0.4) is 0 Å². The monoisotopic (exact) mass is 588 g/mol. The predicted octanol–water partition coefficient (Wildman–Crippen LogP) is 8.67. The van der Waals surface area contributed by atoms with Gasteiger partial charge in [-0.3, -0.25) is 0 Å². The van der Waals surface area contributed by atoms with Gasteiger partial charge < -0.3 is 14.7 Å². The average molecular weight is 589 g/mol. The van der Waals surface area contributed by atoms with Crippen LogP contribution in [0.15, 0.2) is 58.3 Å². The molecule has 0 aromatic heterocycles. The molecule has 2 rings (SSSR count). The van der Waals surface area contributed by atoms with Crippen LogP contribution in [-0.4, -0.2) is 14.7 Å². The molecule has 0 saturated heterocycles. The van der Waals surface area contributed by atoms with Crippen LogP contribution in [0.4, 0.5) is 0 Å². The van der Waals surface area contributed by atoms with E-state index < -0.39 is 26.8 Å². The van der Waals surface area contributed by atoms with Crippen LogP contribution in [0.5, 0.6) is 0 Å². The fourth-order valence-corrected chi connectivity index (χ4v) is 9.75. The van der Waals surface area contributed by atoms with Gasteiger partial charge in [-0.2, -0.15) is 4.31 Å². The molecule has 10 heteroatoms. The van der Waals surface area contributed by atoms with E-state index in [2.05, 4.69) is 73.5 Å². The summed E-state index contributed by atoms with van der Waals surface area (Å²) in [5.41, 5.74) is 1.83. The van der Waals surface area contributed by atoms with Crippen molar-refractivity contribution in [2.45, 2.75) is 103 Å². The number of rotatable bonds is 10. The smallest absolute Gasteiger partial charge is 0.302 e. The molecule has 0 heterocycles. The highest BCUT2D eigenvalue weighted by Crippen LogP contribution is 2.65. The van der Waals surface area contributed by atoms with Crippen molar-refractivity contribution in [3.8, 4) is 0 Å². The predicted molar refractivity (Wildman–Crippen MR) is 157 cm³/mol. The summed E-state index contributed by atoms with van der Waals surface area (Å²) in [4.78, 5) is 30.1. The molecular weight excluding hydrogens is 542 g/mol. The van der Waals surface area contributed by atoms with Crippen LogP contribution in [0, 0.1) is 10.8 Å². The Kier molecular flexibility index (Phi) is 10.1. The molecule has 0 fully saturated rings. The Labute approximate surface area is 231 Å². The quantitative estimate of drug-likeness (QED) is 0.162. The molecular formula is C28H46O7P2S.